The van der Waals surface area contributed by atoms with Crippen LogP contribution in [0.4, 0.5) is 0 Å². The highest BCUT2D eigenvalue weighted by atomic mass is 15.3. The molecule has 1 aromatic carbocycles. The quantitative estimate of drug-likeness (QED) is 0.790. The average Bonchev–Trinajstić information content (AvgIpc) is 2.94. The summed E-state index contributed by atoms with van der Waals surface area (Å²) in [5.41, 5.74) is 9.22. The minimum atomic E-state index is -0.242. The lowest BCUT2D eigenvalue weighted by atomic mass is 10.1. The van der Waals surface area contributed by atoms with Gasteiger partial charge in [0.2, 0.25) is 0 Å². The molecule has 102 valence electrons. The lowest BCUT2D eigenvalue weighted by molar-refractivity contribution is 0.557. The van der Waals surface area contributed by atoms with E-state index in [0.29, 0.717) is 0 Å². The van der Waals surface area contributed by atoms with Gasteiger partial charge in [-0.25, -0.2) is 0 Å². The number of rotatable bonds is 4. The van der Waals surface area contributed by atoms with Crippen molar-refractivity contribution < 1.29 is 0 Å². The van der Waals surface area contributed by atoms with Crippen LogP contribution in [0.15, 0.2) is 48.7 Å². The Morgan fingerprint density at radius 1 is 1.15 bits per heavy atom. The van der Waals surface area contributed by atoms with Crippen LogP contribution in [0.2, 0.25) is 0 Å². The minimum Gasteiger partial charge on any atom is -0.318 e. The first-order valence-corrected chi connectivity index (χ1v) is 6.92. The third-order valence-corrected chi connectivity index (χ3v) is 3.44. The molecule has 4 nitrogen and oxygen atoms in total. The Hall–Kier alpha value is -2.20. The number of nitrogens with zero attached hydrogens (tertiary/aromatic N) is 3. The van der Waals surface area contributed by atoms with Gasteiger partial charge in [0.15, 0.2) is 0 Å². The van der Waals surface area contributed by atoms with E-state index in [-0.39, 0.29) is 6.04 Å². The first-order chi connectivity index (χ1) is 9.79. The number of aromatic nitrogens is 3. The van der Waals surface area contributed by atoms with Gasteiger partial charge in [-0.05, 0) is 24.6 Å². The highest BCUT2D eigenvalue weighted by Gasteiger charge is 2.15. The topological polar surface area (TPSA) is 56.7 Å². The van der Waals surface area contributed by atoms with E-state index < -0.39 is 0 Å². The van der Waals surface area contributed by atoms with E-state index in [1.165, 1.54) is 0 Å². The van der Waals surface area contributed by atoms with Crippen LogP contribution < -0.4 is 5.73 Å². The molecule has 1 atom stereocenters. The Kier molecular flexibility index (Phi) is 3.48. The van der Waals surface area contributed by atoms with Crippen molar-refractivity contribution in [1.29, 1.82) is 0 Å². The highest BCUT2D eigenvalue weighted by Crippen LogP contribution is 2.20. The second kappa shape index (κ2) is 5.43. The molecule has 0 saturated carbocycles. The van der Waals surface area contributed by atoms with Crippen LogP contribution in [0.1, 0.15) is 30.8 Å². The van der Waals surface area contributed by atoms with E-state index >= 15 is 0 Å². The fourth-order valence-electron chi connectivity index (χ4n) is 2.41. The maximum Gasteiger partial charge on any atom is 0.0897 e. The molecule has 0 saturated heterocycles. The third-order valence-electron chi connectivity index (χ3n) is 3.44. The van der Waals surface area contributed by atoms with Crippen LogP contribution in [-0.2, 0) is 6.54 Å². The van der Waals surface area contributed by atoms with E-state index in [1.807, 2.05) is 35.0 Å². The number of aryl methyl sites for hydroxylation is 1. The maximum absolute atomic E-state index is 6.36. The van der Waals surface area contributed by atoms with E-state index in [9.17, 15) is 0 Å². The van der Waals surface area contributed by atoms with E-state index in [0.717, 1.165) is 35.3 Å². The summed E-state index contributed by atoms with van der Waals surface area (Å²) in [4.78, 5) is 4.67. The van der Waals surface area contributed by atoms with Gasteiger partial charge in [0, 0.05) is 18.1 Å². The smallest absolute Gasteiger partial charge is 0.0897 e. The van der Waals surface area contributed by atoms with Gasteiger partial charge in [-0.1, -0.05) is 31.2 Å². The van der Waals surface area contributed by atoms with Gasteiger partial charge in [0.25, 0.3) is 0 Å². The summed E-state index contributed by atoms with van der Waals surface area (Å²) in [6, 6.07) is 13.9. The van der Waals surface area contributed by atoms with Gasteiger partial charge < -0.3 is 5.73 Å². The molecule has 20 heavy (non-hydrogen) atoms. The van der Waals surface area contributed by atoms with Crippen LogP contribution in [0.3, 0.4) is 0 Å². The molecule has 3 aromatic rings. The predicted octanol–water partition coefficient (Wildman–Crippen LogP) is 2.89. The van der Waals surface area contributed by atoms with Gasteiger partial charge in [0.1, 0.15) is 0 Å². The molecule has 0 radical (unpaired) electrons. The Morgan fingerprint density at radius 2 is 2.00 bits per heavy atom. The first-order valence-electron chi connectivity index (χ1n) is 6.92. The van der Waals surface area contributed by atoms with Gasteiger partial charge in [-0.3, -0.25) is 9.67 Å². The Balaban J connectivity index is 1.99. The normalized spacial score (nSPS) is 12.7. The molecule has 2 N–H and O–H groups in total. The molecule has 2 aromatic heterocycles. The molecule has 2 heterocycles. The van der Waals surface area contributed by atoms with Crippen LogP contribution in [0, 0.1) is 0 Å². The second-order valence-electron chi connectivity index (χ2n) is 4.89. The number of nitrogens with two attached hydrogens (primary N) is 1. The number of pyridine rings is 1. The summed E-state index contributed by atoms with van der Waals surface area (Å²) in [5, 5.41) is 5.45. The van der Waals surface area contributed by atoms with Gasteiger partial charge in [-0.2, -0.15) is 5.10 Å². The van der Waals surface area contributed by atoms with Crippen LogP contribution in [-0.4, -0.2) is 14.8 Å². The van der Waals surface area contributed by atoms with E-state index in [4.69, 9.17) is 5.73 Å². The zero-order valence-electron chi connectivity index (χ0n) is 11.5. The van der Waals surface area contributed by atoms with Crippen molar-refractivity contribution in [2.24, 2.45) is 5.73 Å². The molecular weight excluding hydrogens is 248 g/mol. The molecule has 4 heteroatoms. The number of hydrogen-bond donors (Lipinski definition) is 1. The van der Waals surface area contributed by atoms with E-state index in [2.05, 4.69) is 29.1 Å². The molecule has 0 aliphatic heterocycles. The Morgan fingerprint density at radius 3 is 2.85 bits per heavy atom. The second-order valence-corrected chi connectivity index (χ2v) is 4.89. The van der Waals surface area contributed by atoms with Crippen LogP contribution in [0.25, 0.3) is 10.9 Å². The molecule has 0 amide bonds. The van der Waals surface area contributed by atoms with Crippen molar-refractivity contribution in [3.05, 3.63) is 60.0 Å². The van der Waals surface area contributed by atoms with Crippen LogP contribution >= 0.6 is 0 Å². The van der Waals surface area contributed by atoms with Gasteiger partial charge in [-0.15, -0.1) is 0 Å². The van der Waals surface area contributed by atoms with Gasteiger partial charge >= 0.3 is 0 Å². The van der Waals surface area contributed by atoms with E-state index in [1.54, 1.807) is 6.20 Å². The minimum absolute atomic E-state index is 0.242. The standard InChI is InChI=1S/C16H18N4/c1-2-11-20-15(9-10-18-20)16(17)14-8-7-12-5-3-4-6-13(12)19-14/h3-10,16H,2,11,17H2,1H3. The maximum atomic E-state index is 6.36. The number of para-hydroxylation sites is 1. The molecule has 0 aliphatic carbocycles. The fraction of sp³-hybridized carbons (Fsp3) is 0.250. The number of fused-ring (bicyclic) bond motifs is 1. The van der Waals surface area contributed by atoms with Crippen molar-refractivity contribution in [3.8, 4) is 0 Å². The first kappa shape index (κ1) is 12.8. The highest BCUT2D eigenvalue weighted by molar-refractivity contribution is 5.78. The largest absolute Gasteiger partial charge is 0.318 e. The van der Waals surface area contributed by atoms with Crippen molar-refractivity contribution in [1.82, 2.24) is 14.8 Å². The average molecular weight is 266 g/mol. The summed E-state index contributed by atoms with van der Waals surface area (Å²) in [5.74, 6) is 0. The molecular formula is C16H18N4. The fourth-order valence-corrected chi connectivity index (χ4v) is 2.41. The predicted molar refractivity (Wildman–Crippen MR) is 80.3 cm³/mol. The van der Waals surface area contributed by atoms with Crippen molar-refractivity contribution in [2.45, 2.75) is 25.9 Å². The molecule has 0 fully saturated rings. The lowest BCUT2D eigenvalue weighted by Crippen LogP contribution is -2.18. The van der Waals surface area contributed by atoms with Crippen molar-refractivity contribution in [3.63, 3.8) is 0 Å². The summed E-state index contributed by atoms with van der Waals surface area (Å²) in [6.45, 7) is 3.01. The van der Waals surface area contributed by atoms with Gasteiger partial charge in [0.05, 0.1) is 22.9 Å². The lowest BCUT2D eigenvalue weighted by Gasteiger charge is -2.14. The molecule has 0 bridgehead atoms. The summed E-state index contributed by atoms with van der Waals surface area (Å²) in [7, 11) is 0. The third kappa shape index (κ3) is 2.30. The zero-order valence-corrected chi connectivity index (χ0v) is 11.5. The SMILES string of the molecule is CCCn1nccc1C(N)c1ccc2ccccc2n1. The summed E-state index contributed by atoms with van der Waals surface area (Å²) < 4.78 is 1.96. The number of benzene rings is 1. The number of hydrogen-bond acceptors (Lipinski definition) is 3. The molecule has 0 aliphatic rings. The zero-order chi connectivity index (χ0) is 13.9. The molecule has 0 spiro atoms. The van der Waals surface area contributed by atoms with Crippen LogP contribution in [0.5, 0.6) is 0 Å². The van der Waals surface area contributed by atoms with Crippen molar-refractivity contribution in [2.75, 3.05) is 0 Å². The summed E-state index contributed by atoms with van der Waals surface area (Å²) in [6.07, 6.45) is 2.83. The Bertz CT molecular complexity index is 717. The molecule has 3 rings (SSSR count). The van der Waals surface area contributed by atoms with Crippen molar-refractivity contribution >= 4 is 10.9 Å². The molecule has 1 unspecified atom stereocenters. The Labute approximate surface area is 118 Å². The monoisotopic (exact) mass is 266 g/mol. The summed E-state index contributed by atoms with van der Waals surface area (Å²) >= 11 is 0.